The predicted molar refractivity (Wildman–Crippen MR) is 115 cm³/mol. The molecule has 2 N–H and O–H groups in total. The highest BCUT2D eigenvalue weighted by molar-refractivity contribution is 9.10. The lowest BCUT2D eigenvalue weighted by Crippen LogP contribution is -2.58. The van der Waals surface area contributed by atoms with Gasteiger partial charge in [-0.15, -0.1) is 0 Å². The zero-order valence-corrected chi connectivity index (χ0v) is 17.5. The van der Waals surface area contributed by atoms with Crippen LogP contribution in [0.5, 0.6) is 0 Å². The van der Waals surface area contributed by atoms with E-state index in [9.17, 15) is 9.90 Å². The number of carbonyl (C=O) groups excluding carboxylic acids is 1. The topological polar surface area (TPSA) is 61.8 Å². The molecule has 148 valence electrons. The number of methoxy groups -OCH3 is 1. The second-order valence-corrected chi connectivity index (χ2v) is 7.83. The van der Waals surface area contributed by atoms with Gasteiger partial charge in [-0.25, -0.2) is 4.90 Å². The number of esters is 1. The number of hydrogen-bond acceptors (Lipinski definition) is 5. The van der Waals surface area contributed by atoms with Gasteiger partial charge >= 0.3 is 5.97 Å². The number of fused-ring (bicyclic) bond motifs is 1. The fourth-order valence-electron chi connectivity index (χ4n) is 3.80. The molecule has 0 aliphatic carbocycles. The van der Waals surface area contributed by atoms with Gasteiger partial charge in [0.05, 0.1) is 13.2 Å². The number of ether oxygens (including phenoxy) is 1. The third-order valence-electron chi connectivity index (χ3n) is 5.16. The van der Waals surface area contributed by atoms with E-state index in [1.807, 2.05) is 78.9 Å². The van der Waals surface area contributed by atoms with E-state index in [0.717, 1.165) is 21.3 Å². The fourth-order valence-corrected chi connectivity index (χ4v) is 4.18. The molecule has 6 heteroatoms. The summed E-state index contributed by atoms with van der Waals surface area (Å²) in [7, 11) is 1.35. The van der Waals surface area contributed by atoms with Gasteiger partial charge in [0.1, 0.15) is 6.54 Å². The zero-order valence-electron chi connectivity index (χ0n) is 15.9. The van der Waals surface area contributed by atoms with Crippen LogP contribution in [-0.4, -0.2) is 29.6 Å². The number of anilines is 1. The number of rotatable bonds is 4. The molecule has 0 fully saturated rings. The summed E-state index contributed by atoms with van der Waals surface area (Å²) in [4.78, 5) is 14.1. The molecule has 3 aromatic carbocycles. The van der Waals surface area contributed by atoms with Crippen LogP contribution in [0.2, 0.25) is 0 Å². The second-order valence-electron chi connectivity index (χ2n) is 6.91. The standard InChI is InChI=1S/C23H21BrN2O3/c1-29-21(27)15-26-22(16-8-4-2-5-9-16)19-14-18(24)12-13-20(19)25-23(26,28)17-10-6-3-7-11-17/h2-14,22,25,28H,15H2,1H3. The van der Waals surface area contributed by atoms with Crippen LogP contribution >= 0.6 is 15.9 Å². The van der Waals surface area contributed by atoms with Gasteiger partial charge in [-0.1, -0.05) is 76.6 Å². The monoisotopic (exact) mass is 452 g/mol. The fraction of sp³-hybridized carbons (Fsp3) is 0.174. The molecule has 0 radical (unpaired) electrons. The molecule has 0 aromatic heterocycles. The number of carbonyl (C=O) groups is 1. The van der Waals surface area contributed by atoms with Crippen LogP contribution in [0.4, 0.5) is 5.69 Å². The minimum Gasteiger partial charge on any atom is -0.468 e. The van der Waals surface area contributed by atoms with Crippen molar-refractivity contribution < 1.29 is 14.6 Å². The summed E-state index contributed by atoms with van der Waals surface area (Å²) in [5.74, 6) is -2.03. The van der Waals surface area contributed by atoms with E-state index in [1.165, 1.54) is 7.11 Å². The van der Waals surface area contributed by atoms with Crippen molar-refractivity contribution in [3.05, 3.63) is 100 Å². The van der Waals surface area contributed by atoms with Crippen LogP contribution in [0.1, 0.15) is 22.7 Å². The van der Waals surface area contributed by atoms with E-state index in [1.54, 1.807) is 4.90 Å². The van der Waals surface area contributed by atoms with E-state index in [2.05, 4.69) is 21.2 Å². The third-order valence-corrected chi connectivity index (χ3v) is 5.66. The largest absolute Gasteiger partial charge is 0.468 e. The SMILES string of the molecule is COC(=O)CN1C(c2ccccc2)c2cc(Br)ccc2NC1(O)c1ccccc1. The number of aliphatic hydroxyl groups is 1. The highest BCUT2D eigenvalue weighted by Crippen LogP contribution is 2.46. The Labute approximate surface area is 178 Å². The van der Waals surface area contributed by atoms with Crippen LogP contribution in [-0.2, 0) is 15.4 Å². The van der Waals surface area contributed by atoms with Crippen LogP contribution < -0.4 is 5.32 Å². The lowest BCUT2D eigenvalue weighted by atomic mass is 9.90. The lowest BCUT2D eigenvalue weighted by Gasteiger charge is -2.49. The minimum absolute atomic E-state index is 0.0968. The van der Waals surface area contributed by atoms with Crippen molar-refractivity contribution in [2.24, 2.45) is 0 Å². The van der Waals surface area contributed by atoms with Crippen LogP contribution in [0.15, 0.2) is 83.3 Å². The van der Waals surface area contributed by atoms with Gasteiger partial charge in [0.25, 0.3) is 0 Å². The Balaban J connectivity index is 1.95. The van der Waals surface area contributed by atoms with Crippen molar-refractivity contribution in [3.63, 3.8) is 0 Å². The molecule has 0 spiro atoms. The van der Waals surface area contributed by atoms with Gasteiger partial charge in [-0.3, -0.25) is 4.79 Å². The predicted octanol–water partition coefficient (Wildman–Crippen LogP) is 4.24. The van der Waals surface area contributed by atoms with Gasteiger partial charge < -0.3 is 15.2 Å². The Morgan fingerprint density at radius 1 is 1.10 bits per heavy atom. The molecule has 1 heterocycles. The summed E-state index contributed by atoms with van der Waals surface area (Å²) < 4.78 is 5.87. The van der Waals surface area contributed by atoms with Crippen molar-refractivity contribution in [2.45, 2.75) is 11.9 Å². The Hall–Kier alpha value is -2.67. The van der Waals surface area contributed by atoms with Gasteiger partial charge in [0.2, 0.25) is 5.85 Å². The molecule has 0 amide bonds. The van der Waals surface area contributed by atoms with E-state index in [0.29, 0.717) is 5.56 Å². The second kappa shape index (κ2) is 7.99. The normalized spacial score (nSPS) is 21.1. The van der Waals surface area contributed by atoms with E-state index in [-0.39, 0.29) is 12.6 Å². The quantitative estimate of drug-likeness (QED) is 0.579. The van der Waals surface area contributed by atoms with Gasteiger partial charge in [0, 0.05) is 15.7 Å². The average molecular weight is 453 g/mol. The molecule has 2 unspecified atom stereocenters. The summed E-state index contributed by atoms with van der Waals surface area (Å²) in [5.41, 5.74) is 3.36. The highest BCUT2D eigenvalue weighted by Gasteiger charge is 2.47. The van der Waals surface area contributed by atoms with Crippen molar-refractivity contribution in [1.29, 1.82) is 0 Å². The summed E-state index contributed by atoms with van der Waals surface area (Å²) in [6, 6.07) is 24.6. The minimum atomic E-state index is -1.60. The molecular formula is C23H21BrN2O3. The van der Waals surface area contributed by atoms with Crippen molar-refractivity contribution in [2.75, 3.05) is 19.0 Å². The zero-order chi connectivity index (χ0) is 20.4. The molecule has 1 aliphatic heterocycles. The molecule has 2 atom stereocenters. The first-order valence-corrected chi connectivity index (χ1v) is 10.1. The molecule has 0 bridgehead atoms. The number of hydrogen-bond donors (Lipinski definition) is 2. The van der Waals surface area contributed by atoms with E-state index in [4.69, 9.17) is 4.74 Å². The Bertz CT molecular complexity index is 1010. The van der Waals surface area contributed by atoms with Crippen LogP contribution in [0.25, 0.3) is 0 Å². The summed E-state index contributed by atoms with van der Waals surface area (Å²) >= 11 is 3.55. The summed E-state index contributed by atoms with van der Waals surface area (Å²) in [6.45, 7) is -0.0968. The van der Waals surface area contributed by atoms with Gasteiger partial charge in [0.15, 0.2) is 0 Å². The Morgan fingerprint density at radius 2 is 1.76 bits per heavy atom. The van der Waals surface area contributed by atoms with Crippen molar-refractivity contribution >= 4 is 27.6 Å². The average Bonchev–Trinajstić information content (AvgIpc) is 2.76. The maximum atomic E-state index is 12.3. The maximum Gasteiger partial charge on any atom is 0.320 e. The maximum absolute atomic E-state index is 12.3. The van der Waals surface area contributed by atoms with E-state index < -0.39 is 11.8 Å². The first-order chi connectivity index (χ1) is 14.0. The highest BCUT2D eigenvalue weighted by atomic mass is 79.9. The molecular weight excluding hydrogens is 432 g/mol. The number of nitrogens with one attached hydrogen (secondary N) is 1. The van der Waals surface area contributed by atoms with Gasteiger partial charge in [-0.2, -0.15) is 0 Å². The van der Waals surface area contributed by atoms with E-state index >= 15 is 0 Å². The molecule has 4 rings (SSSR count). The molecule has 5 nitrogen and oxygen atoms in total. The summed E-state index contributed by atoms with van der Waals surface area (Å²) in [6.07, 6.45) is 0. The smallest absolute Gasteiger partial charge is 0.320 e. The van der Waals surface area contributed by atoms with Gasteiger partial charge in [-0.05, 0) is 29.3 Å². The molecule has 1 aliphatic rings. The molecule has 0 saturated heterocycles. The van der Waals surface area contributed by atoms with Crippen molar-refractivity contribution in [3.8, 4) is 0 Å². The van der Waals surface area contributed by atoms with Crippen LogP contribution in [0.3, 0.4) is 0 Å². The number of benzene rings is 3. The first-order valence-electron chi connectivity index (χ1n) is 9.27. The number of halogens is 1. The molecule has 0 saturated carbocycles. The Morgan fingerprint density at radius 3 is 2.41 bits per heavy atom. The lowest BCUT2D eigenvalue weighted by molar-refractivity contribution is -0.157. The molecule has 29 heavy (non-hydrogen) atoms. The van der Waals surface area contributed by atoms with Crippen molar-refractivity contribution in [1.82, 2.24) is 4.90 Å². The number of nitrogens with zero attached hydrogens (tertiary/aromatic N) is 1. The summed E-state index contributed by atoms with van der Waals surface area (Å²) in [5, 5.41) is 15.1. The Kier molecular flexibility index (Phi) is 5.41. The third kappa shape index (κ3) is 3.67. The van der Waals surface area contributed by atoms with Crippen LogP contribution in [0, 0.1) is 0 Å². The molecule has 3 aromatic rings. The first kappa shape index (κ1) is 19.6.